The molecule has 0 aliphatic heterocycles. The summed E-state index contributed by atoms with van der Waals surface area (Å²) in [5.74, 6) is -0.282. The molecule has 1 aromatic carbocycles. The van der Waals surface area contributed by atoms with Crippen LogP contribution in [0, 0.1) is 0 Å². The van der Waals surface area contributed by atoms with E-state index in [4.69, 9.17) is 11.6 Å². The smallest absolute Gasteiger partial charge is 0.265 e. The van der Waals surface area contributed by atoms with Crippen molar-refractivity contribution in [3.63, 3.8) is 0 Å². The molecule has 0 saturated carbocycles. The van der Waals surface area contributed by atoms with Crippen LogP contribution in [0.15, 0.2) is 16.6 Å². The van der Waals surface area contributed by atoms with Crippen LogP contribution >= 0.6 is 27.5 Å². The minimum Gasteiger partial charge on any atom is -0.294 e. The van der Waals surface area contributed by atoms with Gasteiger partial charge in [-0.1, -0.05) is 11.6 Å². The Labute approximate surface area is 93.2 Å². The van der Waals surface area contributed by atoms with Crippen molar-refractivity contribution in [2.75, 3.05) is 0 Å². The molecule has 1 nitrogen and oxygen atoms in total. The molecule has 0 bridgehead atoms. The van der Waals surface area contributed by atoms with Gasteiger partial charge in [0.2, 0.25) is 0 Å². The second-order valence-electron chi connectivity index (χ2n) is 2.71. The van der Waals surface area contributed by atoms with E-state index in [0.717, 1.165) is 6.07 Å². The van der Waals surface area contributed by atoms with Gasteiger partial charge in [0.05, 0.1) is 5.02 Å². The van der Waals surface area contributed by atoms with Gasteiger partial charge in [-0.3, -0.25) is 4.79 Å². The van der Waals surface area contributed by atoms with Crippen LogP contribution in [0.4, 0.5) is 8.78 Å². The monoisotopic (exact) mass is 282 g/mol. The fourth-order valence-corrected chi connectivity index (χ4v) is 2.00. The molecule has 0 saturated heterocycles. The fraction of sp³-hybridized carbons (Fsp3) is 0.222. The van der Waals surface area contributed by atoms with Gasteiger partial charge in [0, 0.05) is 15.6 Å². The number of benzene rings is 1. The number of carbonyl (C=O) groups excluding carboxylic acids is 1. The predicted molar refractivity (Wildman–Crippen MR) is 54.1 cm³/mol. The third-order valence-electron chi connectivity index (χ3n) is 1.70. The van der Waals surface area contributed by atoms with Crippen molar-refractivity contribution < 1.29 is 13.6 Å². The minimum atomic E-state index is -2.67. The molecule has 0 atom stereocenters. The highest BCUT2D eigenvalue weighted by Gasteiger charge is 2.16. The fourth-order valence-electron chi connectivity index (χ4n) is 1.00. The molecule has 0 aromatic heterocycles. The minimum absolute atomic E-state index is 0.0446. The lowest BCUT2D eigenvalue weighted by atomic mass is 10.1. The summed E-state index contributed by atoms with van der Waals surface area (Å²) >= 11 is 8.66. The number of hydrogen-bond donors (Lipinski definition) is 0. The van der Waals surface area contributed by atoms with E-state index in [2.05, 4.69) is 15.9 Å². The normalized spacial score (nSPS) is 10.7. The van der Waals surface area contributed by atoms with Gasteiger partial charge in [-0.25, -0.2) is 8.78 Å². The van der Waals surface area contributed by atoms with Crippen molar-refractivity contribution in [1.82, 2.24) is 0 Å². The molecule has 0 amide bonds. The topological polar surface area (TPSA) is 17.1 Å². The standard InChI is InChI=1S/C9H6BrClF2O/c1-4(14)5-2-6(9(12)13)8(11)3-7(5)10/h2-3,9H,1H3. The first kappa shape index (κ1) is 11.6. The number of carbonyl (C=O) groups is 1. The number of hydrogen-bond acceptors (Lipinski definition) is 1. The molecular formula is C9H6BrClF2O. The molecule has 14 heavy (non-hydrogen) atoms. The van der Waals surface area contributed by atoms with Crippen LogP contribution in [-0.4, -0.2) is 5.78 Å². The summed E-state index contributed by atoms with van der Waals surface area (Å²) in [7, 11) is 0. The highest BCUT2D eigenvalue weighted by atomic mass is 79.9. The maximum Gasteiger partial charge on any atom is 0.265 e. The largest absolute Gasteiger partial charge is 0.294 e. The molecule has 76 valence electrons. The third-order valence-corrected chi connectivity index (χ3v) is 2.68. The first-order valence-electron chi connectivity index (χ1n) is 3.71. The molecule has 0 aliphatic rings. The molecule has 0 spiro atoms. The first-order chi connectivity index (χ1) is 6.43. The van der Waals surface area contributed by atoms with E-state index in [1.807, 2.05) is 0 Å². The van der Waals surface area contributed by atoms with E-state index in [0.29, 0.717) is 4.47 Å². The Hall–Kier alpha value is -0.480. The molecule has 0 radical (unpaired) electrons. The van der Waals surface area contributed by atoms with Crippen LogP contribution in [-0.2, 0) is 0 Å². The number of alkyl halides is 2. The second kappa shape index (κ2) is 4.36. The van der Waals surface area contributed by atoms with Gasteiger partial charge in [-0.2, -0.15) is 0 Å². The van der Waals surface area contributed by atoms with Crippen LogP contribution < -0.4 is 0 Å². The van der Waals surface area contributed by atoms with E-state index in [1.165, 1.54) is 13.0 Å². The number of ketones is 1. The van der Waals surface area contributed by atoms with Gasteiger partial charge in [-0.05, 0) is 35.0 Å². The van der Waals surface area contributed by atoms with Crippen LogP contribution in [0.1, 0.15) is 29.3 Å². The van der Waals surface area contributed by atoms with E-state index in [1.54, 1.807) is 0 Å². The zero-order chi connectivity index (χ0) is 10.9. The maximum absolute atomic E-state index is 12.4. The van der Waals surface area contributed by atoms with Crippen LogP contribution in [0.2, 0.25) is 5.02 Å². The van der Waals surface area contributed by atoms with Gasteiger partial charge < -0.3 is 0 Å². The number of rotatable bonds is 2. The first-order valence-corrected chi connectivity index (χ1v) is 4.88. The van der Waals surface area contributed by atoms with Crippen LogP contribution in [0.3, 0.4) is 0 Å². The number of Topliss-reactive ketones (excluding diaryl/α,β-unsaturated/α-hetero) is 1. The summed E-state index contributed by atoms with van der Waals surface area (Å²) in [4.78, 5) is 11.0. The number of halogens is 4. The Kier molecular flexibility index (Phi) is 3.61. The zero-order valence-corrected chi connectivity index (χ0v) is 9.49. The summed E-state index contributed by atoms with van der Waals surface area (Å²) in [5.41, 5.74) is -0.107. The lowest BCUT2D eigenvalue weighted by Gasteiger charge is -2.06. The van der Waals surface area contributed by atoms with Crippen molar-refractivity contribution in [1.29, 1.82) is 0 Å². The van der Waals surface area contributed by atoms with E-state index in [-0.39, 0.29) is 21.9 Å². The van der Waals surface area contributed by atoms with E-state index >= 15 is 0 Å². The van der Waals surface area contributed by atoms with E-state index in [9.17, 15) is 13.6 Å². The average molecular weight is 283 g/mol. The molecule has 5 heteroatoms. The highest BCUT2D eigenvalue weighted by Crippen LogP contribution is 2.32. The van der Waals surface area contributed by atoms with Gasteiger partial charge in [0.1, 0.15) is 0 Å². The van der Waals surface area contributed by atoms with Gasteiger partial charge >= 0.3 is 0 Å². The Morgan fingerprint density at radius 2 is 2.07 bits per heavy atom. The average Bonchev–Trinajstić information content (AvgIpc) is 2.02. The Morgan fingerprint density at radius 3 is 2.50 bits per heavy atom. The molecule has 0 fully saturated rings. The lowest BCUT2D eigenvalue weighted by molar-refractivity contribution is 0.101. The summed E-state index contributed by atoms with van der Waals surface area (Å²) in [6.07, 6.45) is -2.67. The van der Waals surface area contributed by atoms with Crippen molar-refractivity contribution >= 4 is 33.3 Å². The summed E-state index contributed by atoms with van der Waals surface area (Å²) in [6, 6.07) is 2.42. The summed E-state index contributed by atoms with van der Waals surface area (Å²) < 4.78 is 25.2. The SMILES string of the molecule is CC(=O)c1cc(C(F)F)c(Cl)cc1Br. The third kappa shape index (κ3) is 2.30. The maximum atomic E-state index is 12.4. The summed E-state index contributed by atoms with van der Waals surface area (Å²) in [5, 5.41) is -0.0446. The van der Waals surface area contributed by atoms with Crippen molar-refractivity contribution in [3.8, 4) is 0 Å². The zero-order valence-electron chi connectivity index (χ0n) is 7.15. The molecule has 0 heterocycles. The van der Waals surface area contributed by atoms with E-state index < -0.39 is 6.43 Å². The Morgan fingerprint density at radius 1 is 1.50 bits per heavy atom. The van der Waals surface area contributed by atoms with Crippen LogP contribution in [0.5, 0.6) is 0 Å². The predicted octanol–water partition coefficient (Wildman–Crippen LogP) is 4.24. The molecular weight excluding hydrogens is 277 g/mol. The van der Waals surface area contributed by atoms with Gasteiger partial charge in [0.25, 0.3) is 6.43 Å². The molecule has 0 aliphatic carbocycles. The molecule has 0 unspecified atom stereocenters. The lowest BCUT2D eigenvalue weighted by Crippen LogP contribution is -1.97. The Balaban J connectivity index is 3.34. The molecule has 0 N–H and O–H groups in total. The van der Waals surface area contributed by atoms with Crippen molar-refractivity contribution in [2.45, 2.75) is 13.3 Å². The Bertz CT molecular complexity index is 379. The van der Waals surface area contributed by atoms with Crippen molar-refractivity contribution in [3.05, 3.63) is 32.8 Å². The van der Waals surface area contributed by atoms with Crippen LogP contribution in [0.25, 0.3) is 0 Å². The van der Waals surface area contributed by atoms with Gasteiger partial charge in [-0.15, -0.1) is 0 Å². The summed E-state index contributed by atoms with van der Waals surface area (Å²) in [6.45, 7) is 1.31. The molecule has 1 aromatic rings. The highest BCUT2D eigenvalue weighted by molar-refractivity contribution is 9.10. The van der Waals surface area contributed by atoms with Gasteiger partial charge in [0.15, 0.2) is 5.78 Å². The second-order valence-corrected chi connectivity index (χ2v) is 3.97. The van der Waals surface area contributed by atoms with Crippen molar-refractivity contribution in [2.24, 2.45) is 0 Å². The quantitative estimate of drug-likeness (QED) is 0.742. The molecule has 1 rings (SSSR count).